The first kappa shape index (κ1) is 18.1. The minimum Gasteiger partial charge on any atom is -0.326 e. The largest absolute Gasteiger partial charge is 0.326 e. The fourth-order valence-corrected chi connectivity index (χ4v) is 5.24. The van der Waals surface area contributed by atoms with Crippen molar-refractivity contribution in [1.29, 1.82) is 0 Å². The maximum atomic E-state index is 13.0. The van der Waals surface area contributed by atoms with Crippen LogP contribution in [0.1, 0.15) is 44.1 Å². The van der Waals surface area contributed by atoms with Gasteiger partial charge in [-0.2, -0.15) is 4.31 Å². The maximum absolute atomic E-state index is 13.0. The Bertz CT molecular complexity index is 765. The van der Waals surface area contributed by atoms with Gasteiger partial charge in [-0.05, 0) is 56.7 Å². The standard InChI is InChI=1S/C19H26N2O3S/c1-15-10-11-17(20-19(22)16-8-4-2-5-9-16)14-18(15)25(23,24)21-12-6-3-7-13-21/h2,4,10-11,14,16H,3,5-9,12-13H2,1H3,(H,20,22). The number of hydrogen-bond donors (Lipinski definition) is 1. The monoisotopic (exact) mass is 362 g/mol. The van der Waals surface area contributed by atoms with E-state index in [0.717, 1.165) is 38.5 Å². The van der Waals surface area contributed by atoms with Gasteiger partial charge in [-0.25, -0.2) is 8.42 Å². The summed E-state index contributed by atoms with van der Waals surface area (Å²) in [6, 6.07) is 5.16. The number of nitrogens with zero attached hydrogens (tertiary/aromatic N) is 1. The molecular formula is C19H26N2O3S. The highest BCUT2D eigenvalue weighted by Crippen LogP contribution is 2.27. The fraction of sp³-hybridized carbons (Fsp3) is 0.526. The molecule has 0 saturated carbocycles. The Balaban J connectivity index is 1.80. The number of benzene rings is 1. The van der Waals surface area contributed by atoms with Crippen LogP contribution >= 0.6 is 0 Å². The molecule has 6 heteroatoms. The van der Waals surface area contributed by atoms with E-state index in [4.69, 9.17) is 0 Å². The normalized spacial score (nSPS) is 21.9. The molecule has 1 aliphatic heterocycles. The van der Waals surface area contributed by atoms with Gasteiger partial charge in [-0.15, -0.1) is 0 Å². The summed E-state index contributed by atoms with van der Waals surface area (Å²) >= 11 is 0. The molecule has 1 saturated heterocycles. The van der Waals surface area contributed by atoms with Crippen molar-refractivity contribution in [2.75, 3.05) is 18.4 Å². The smallest absolute Gasteiger partial charge is 0.243 e. The molecule has 1 heterocycles. The number of rotatable bonds is 4. The highest BCUT2D eigenvalue weighted by Gasteiger charge is 2.28. The number of allylic oxidation sites excluding steroid dienone is 2. The van der Waals surface area contributed by atoms with E-state index >= 15 is 0 Å². The number of nitrogens with one attached hydrogen (secondary N) is 1. The molecule has 25 heavy (non-hydrogen) atoms. The van der Waals surface area contributed by atoms with Gasteiger partial charge in [-0.3, -0.25) is 4.79 Å². The molecule has 5 nitrogen and oxygen atoms in total. The molecule has 1 unspecified atom stereocenters. The summed E-state index contributed by atoms with van der Waals surface area (Å²) in [6.45, 7) is 2.95. The SMILES string of the molecule is Cc1ccc(NC(=O)C2CC=CCC2)cc1S(=O)(=O)N1CCCCC1. The predicted molar refractivity (Wildman–Crippen MR) is 98.9 cm³/mol. The van der Waals surface area contributed by atoms with Crippen molar-refractivity contribution in [2.45, 2.75) is 50.3 Å². The number of carbonyl (C=O) groups excluding carboxylic acids is 1. The van der Waals surface area contributed by atoms with Crippen LogP contribution < -0.4 is 5.32 Å². The lowest BCUT2D eigenvalue weighted by atomic mass is 9.93. The Morgan fingerprint density at radius 3 is 2.60 bits per heavy atom. The first-order valence-corrected chi connectivity index (χ1v) is 10.5. The minimum absolute atomic E-state index is 0.0328. The molecule has 1 aliphatic carbocycles. The number of aryl methyl sites for hydroxylation is 1. The molecule has 1 amide bonds. The second kappa shape index (κ2) is 7.70. The second-order valence-corrected chi connectivity index (χ2v) is 8.82. The summed E-state index contributed by atoms with van der Waals surface area (Å²) in [6.07, 6.45) is 9.53. The van der Waals surface area contributed by atoms with Crippen LogP contribution in [0.2, 0.25) is 0 Å². The van der Waals surface area contributed by atoms with E-state index in [1.165, 1.54) is 0 Å². The van der Waals surface area contributed by atoms with Crippen molar-refractivity contribution in [3.05, 3.63) is 35.9 Å². The van der Waals surface area contributed by atoms with Gasteiger partial charge in [0.2, 0.25) is 15.9 Å². The summed E-state index contributed by atoms with van der Waals surface area (Å²) in [5.41, 5.74) is 1.27. The molecule has 136 valence electrons. The summed E-state index contributed by atoms with van der Waals surface area (Å²) in [4.78, 5) is 12.7. The van der Waals surface area contributed by atoms with Crippen molar-refractivity contribution in [2.24, 2.45) is 5.92 Å². The molecule has 1 aromatic carbocycles. The van der Waals surface area contributed by atoms with Gasteiger partial charge in [0.05, 0.1) is 4.90 Å². The predicted octanol–water partition coefficient (Wildman–Crippen LogP) is 3.46. The zero-order valence-electron chi connectivity index (χ0n) is 14.7. The molecule has 0 bridgehead atoms. The third kappa shape index (κ3) is 4.12. The van der Waals surface area contributed by atoms with Crippen LogP contribution in [0.3, 0.4) is 0 Å². The van der Waals surface area contributed by atoms with Gasteiger partial charge in [0.15, 0.2) is 0 Å². The molecule has 1 atom stereocenters. The highest BCUT2D eigenvalue weighted by atomic mass is 32.2. The molecule has 1 N–H and O–H groups in total. The molecule has 0 spiro atoms. The Morgan fingerprint density at radius 1 is 1.16 bits per heavy atom. The zero-order valence-corrected chi connectivity index (χ0v) is 15.5. The fourth-order valence-electron chi connectivity index (χ4n) is 3.48. The molecular weight excluding hydrogens is 336 g/mol. The quantitative estimate of drug-likeness (QED) is 0.834. The van der Waals surface area contributed by atoms with Gasteiger partial charge < -0.3 is 5.32 Å². The Hall–Kier alpha value is -1.66. The summed E-state index contributed by atoms with van der Waals surface area (Å²) < 4.78 is 27.5. The van der Waals surface area contributed by atoms with Crippen LogP contribution in [-0.2, 0) is 14.8 Å². The molecule has 0 aromatic heterocycles. The van der Waals surface area contributed by atoms with E-state index in [2.05, 4.69) is 11.4 Å². The van der Waals surface area contributed by atoms with Crippen LogP contribution in [0, 0.1) is 12.8 Å². The summed E-state index contributed by atoms with van der Waals surface area (Å²) in [7, 11) is -3.51. The molecule has 3 rings (SSSR count). The maximum Gasteiger partial charge on any atom is 0.243 e. The van der Waals surface area contributed by atoms with Crippen LogP contribution in [0.25, 0.3) is 0 Å². The molecule has 1 aromatic rings. The van der Waals surface area contributed by atoms with Crippen molar-refractivity contribution in [1.82, 2.24) is 4.31 Å². The average Bonchev–Trinajstić information content (AvgIpc) is 2.64. The molecule has 2 aliphatic rings. The van der Waals surface area contributed by atoms with Gasteiger partial charge in [0.1, 0.15) is 0 Å². The highest BCUT2D eigenvalue weighted by molar-refractivity contribution is 7.89. The van der Waals surface area contributed by atoms with Gasteiger partial charge >= 0.3 is 0 Å². The van der Waals surface area contributed by atoms with E-state index in [1.54, 1.807) is 29.4 Å². The lowest BCUT2D eigenvalue weighted by molar-refractivity contribution is -0.120. The summed E-state index contributed by atoms with van der Waals surface area (Å²) in [5, 5.41) is 2.90. The van der Waals surface area contributed by atoms with Crippen LogP contribution in [0.15, 0.2) is 35.2 Å². The Morgan fingerprint density at radius 2 is 1.92 bits per heavy atom. The number of sulfonamides is 1. The van der Waals surface area contributed by atoms with Crippen LogP contribution in [0.4, 0.5) is 5.69 Å². The van der Waals surface area contributed by atoms with E-state index in [0.29, 0.717) is 29.2 Å². The van der Waals surface area contributed by atoms with Crippen molar-refractivity contribution in [3.63, 3.8) is 0 Å². The lowest BCUT2D eigenvalue weighted by Crippen LogP contribution is -2.36. The van der Waals surface area contributed by atoms with Crippen molar-refractivity contribution < 1.29 is 13.2 Å². The average molecular weight is 362 g/mol. The third-order valence-electron chi connectivity index (χ3n) is 5.03. The Labute approximate surface area is 150 Å². The number of amides is 1. The van der Waals surface area contributed by atoms with Gasteiger partial charge in [-0.1, -0.05) is 24.6 Å². The van der Waals surface area contributed by atoms with E-state index in [9.17, 15) is 13.2 Å². The van der Waals surface area contributed by atoms with Crippen molar-refractivity contribution >= 4 is 21.6 Å². The third-order valence-corrected chi connectivity index (χ3v) is 7.07. The molecule has 1 fully saturated rings. The van der Waals surface area contributed by atoms with E-state index in [-0.39, 0.29) is 11.8 Å². The first-order valence-electron chi connectivity index (χ1n) is 9.05. The van der Waals surface area contributed by atoms with Gasteiger partial charge in [0, 0.05) is 24.7 Å². The van der Waals surface area contributed by atoms with Crippen LogP contribution in [0.5, 0.6) is 0 Å². The number of carbonyl (C=O) groups is 1. The lowest BCUT2D eigenvalue weighted by Gasteiger charge is -2.27. The second-order valence-electron chi connectivity index (χ2n) is 6.92. The topological polar surface area (TPSA) is 66.5 Å². The van der Waals surface area contributed by atoms with Crippen LogP contribution in [-0.4, -0.2) is 31.7 Å². The molecule has 0 radical (unpaired) electrons. The Kier molecular flexibility index (Phi) is 5.59. The number of anilines is 1. The van der Waals surface area contributed by atoms with Gasteiger partial charge in [0.25, 0.3) is 0 Å². The minimum atomic E-state index is -3.51. The van der Waals surface area contributed by atoms with Crippen molar-refractivity contribution in [3.8, 4) is 0 Å². The number of hydrogen-bond acceptors (Lipinski definition) is 3. The first-order chi connectivity index (χ1) is 12.0. The van der Waals surface area contributed by atoms with E-state index < -0.39 is 10.0 Å². The number of piperidine rings is 1. The zero-order chi connectivity index (χ0) is 17.9. The van der Waals surface area contributed by atoms with E-state index in [1.807, 2.05) is 6.08 Å². The summed E-state index contributed by atoms with van der Waals surface area (Å²) in [5.74, 6) is -0.0667.